The number of aryl methyl sites for hydroxylation is 1. The number of methoxy groups -OCH3 is 1. The summed E-state index contributed by atoms with van der Waals surface area (Å²) in [4.78, 5) is 14.7. The molecule has 2 saturated carbocycles. The van der Waals surface area contributed by atoms with E-state index in [0.717, 1.165) is 48.7 Å². The zero-order chi connectivity index (χ0) is 22.2. The van der Waals surface area contributed by atoms with Crippen LogP contribution in [0.3, 0.4) is 0 Å². The first kappa shape index (κ1) is 22.3. The number of aliphatic hydroxyl groups is 1. The summed E-state index contributed by atoms with van der Waals surface area (Å²) in [7, 11) is 1.69. The maximum absolute atomic E-state index is 12.4. The number of allylic oxidation sites excluding steroid dienone is 1. The number of ether oxygens (including phenoxy) is 2. The fourth-order valence-corrected chi connectivity index (χ4v) is 6.03. The SMILES string of the molecule is CCOC(=O)/C=C1/CCC2(O)C(C)N(CC3CC3)CCC2(c2cc(OC)ccc2C)C1. The van der Waals surface area contributed by atoms with Crippen molar-refractivity contribution >= 4 is 5.97 Å². The Labute approximate surface area is 186 Å². The van der Waals surface area contributed by atoms with E-state index in [1.807, 2.05) is 13.0 Å². The quantitative estimate of drug-likeness (QED) is 0.546. The lowest BCUT2D eigenvalue weighted by Gasteiger charge is -2.61. The first-order valence-electron chi connectivity index (χ1n) is 11.8. The van der Waals surface area contributed by atoms with Crippen molar-refractivity contribution in [3.63, 3.8) is 0 Å². The van der Waals surface area contributed by atoms with Gasteiger partial charge in [0.05, 0.1) is 19.3 Å². The third kappa shape index (κ3) is 4.03. The Balaban J connectivity index is 1.77. The van der Waals surface area contributed by atoms with E-state index in [1.54, 1.807) is 13.2 Å². The number of rotatable bonds is 6. The fourth-order valence-electron chi connectivity index (χ4n) is 6.03. The van der Waals surface area contributed by atoms with Gasteiger partial charge in [-0.15, -0.1) is 0 Å². The molecule has 1 N–H and O–H groups in total. The standard InChI is InChI=1S/C26H37NO4/c1-5-31-24(28)14-21-10-11-26(29)19(3)27(17-20-7-8-20)13-12-25(26,16-21)23-15-22(30-4)9-6-18(23)2/h6,9,14-15,19-20,29H,5,7-8,10-13,16-17H2,1-4H3/b21-14-. The normalized spacial score (nSPS) is 32.5. The first-order chi connectivity index (χ1) is 14.8. The van der Waals surface area contributed by atoms with Gasteiger partial charge in [0.1, 0.15) is 5.75 Å². The molecule has 0 radical (unpaired) electrons. The lowest BCUT2D eigenvalue weighted by molar-refractivity contribution is -0.148. The average Bonchev–Trinajstić information content (AvgIpc) is 3.56. The zero-order valence-electron chi connectivity index (χ0n) is 19.4. The highest BCUT2D eigenvalue weighted by molar-refractivity contribution is 5.83. The minimum absolute atomic E-state index is 0.0663. The molecule has 0 spiro atoms. The molecular weight excluding hydrogens is 390 g/mol. The van der Waals surface area contributed by atoms with Crippen molar-refractivity contribution in [2.24, 2.45) is 5.92 Å². The third-order valence-electron chi connectivity index (χ3n) is 8.01. The van der Waals surface area contributed by atoms with Crippen LogP contribution in [0.15, 0.2) is 29.8 Å². The van der Waals surface area contributed by atoms with Crippen LogP contribution >= 0.6 is 0 Å². The largest absolute Gasteiger partial charge is 0.497 e. The van der Waals surface area contributed by atoms with Crippen molar-refractivity contribution in [1.82, 2.24) is 4.90 Å². The van der Waals surface area contributed by atoms with E-state index in [-0.39, 0.29) is 12.0 Å². The van der Waals surface area contributed by atoms with Gasteiger partial charge in [-0.05, 0) is 95.0 Å². The predicted octanol–water partition coefficient (Wildman–Crippen LogP) is 4.15. The number of benzene rings is 1. The molecule has 3 atom stereocenters. The molecule has 4 rings (SSSR count). The van der Waals surface area contributed by atoms with Crippen molar-refractivity contribution in [1.29, 1.82) is 0 Å². The summed E-state index contributed by atoms with van der Waals surface area (Å²) in [5, 5.41) is 12.4. The highest BCUT2D eigenvalue weighted by Crippen LogP contribution is 2.56. The Morgan fingerprint density at radius 1 is 1.32 bits per heavy atom. The molecule has 5 heteroatoms. The summed E-state index contributed by atoms with van der Waals surface area (Å²) in [5.74, 6) is 1.33. The first-order valence-corrected chi connectivity index (χ1v) is 11.8. The lowest BCUT2D eigenvalue weighted by Crippen LogP contribution is -2.69. The number of carbonyl (C=O) groups is 1. The number of hydrogen-bond acceptors (Lipinski definition) is 5. The van der Waals surface area contributed by atoms with E-state index in [4.69, 9.17) is 9.47 Å². The fraction of sp³-hybridized carbons (Fsp3) is 0.654. The second-order valence-electron chi connectivity index (χ2n) is 9.78. The second kappa shape index (κ2) is 8.59. The second-order valence-corrected chi connectivity index (χ2v) is 9.78. The molecule has 2 aliphatic carbocycles. The van der Waals surface area contributed by atoms with E-state index in [0.29, 0.717) is 19.4 Å². The molecule has 1 aromatic carbocycles. The van der Waals surface area contributed by atoms with Crippen LogP contribution in [-0.4, -0.2) is 54.4 Å². The van der Waals surface area contributed by atoms with Crippen LogP contribution in [0.5, 0.6) is 5.75 Å². The molecule has 1 saturated heterocycles. The molecule has 31 heavy (non-hydrogen) atoms. The topological polar surface area (TPSA) is 59.0 Å². The summed E-state index contributed by atoms with van der Waals surface area (Å²) in [6.07, 6.45) is 7.22. The molecule has 0 amide bonds. The predicted molar refractivity (Wildman–Crippen MR) is 121 cm³/mol. The van der Waals surface area contributed by atoms with Gasteiger partial charge in [-0.25, -0.2) is 4.79 Å². The molecule has 1 heterocycles. The van der Waals surface area contributed by atoms with E-state index in [1.165, 1.54) is 18.4 Å². The monoisotopic (exact) mass is 427 g/mol. The van der Waals surface area contributed by atoms with Crippen LogP contribution in [0.4, 0.5) is 0 Å². The molecule has 0 aromatic heterocycles. The molecular formula is C26H37NO4. The molecule has 3 aliphatic rings. The molecule has 3 unspecified atom stereocenters. The van der Waals surface area contributed by atoms with Crippen LogP contribution in [0.1, 0.15) is 63.5 Å². The Bertz CT molecular complexity index is 861. The van der Waals surface area contributed by atoms with Gasteiger partial charge >= 0.3 is 5.97 Å². The molecule has 170 valence electrons. The van der Waals surface area contributed by atoms with E-state index in [9.17, 15) is 9.90 Å². The molecule has 0 bridgehead atoms. The van der Waals surface area contributed by atoms with Crippen LogP contribution < -0.4 is 4.74 Å². The van der Waals surface area contributed by atoms with Crippen LogP contribution in [0.2, 0.25) is 0 Å². The highest BCUT2D eigenvalue weighted by Gasteiger charge is 2.60. The van der Waals surface area contributed by atoms with Gasteiger partial charge in [0, 0.05) is 24.1 Å². The van der Waals surface area contributed by atoms with Crippen LogP contribution in [-0.2, 0) is 14.9 Å². The van der Waals surface area contributed by atoms with Gasteiger partial charge in [-0.1, -0.05) is 11.6 Å². The lowest BCUT2D eigenvalue weighted by atomic mass is 9.52. The number of carbonyl (C=O) groups excluding carboxylic acids is 1. The van der Waals surface area contributed by atoms with Crippen molar-refractivity contribution in [3.8, 4) is 5.75 Å². The average molecular weight is 428 g/mol. The van der Waals surface area contributed by atoms with E-state index >= 15 is 0 Å². The van der Waals surface area contributed by atoms with Crippen molar-refractivity contribution in [2.45, 2.75) is 76.4 Å². The van der Waals surface area contributed by atoms with E-state index < -0.39 is 11.0 Å². The summed E-state index contributed by atoms with van der Waals surface area (Å²) in [6.45, 7) is 8.57. The number of nitrogens with zero attached hydrogens (tertiary/aromatic N) is 1. The van der Waals surface area contributed by atoms with Crippen LogP contribution in [0.25, 0.3) is 0 Å². The number of hydrogen-bond donors (Lipinski definition) is 1. The number of esters is 1. The van der Waals surface area contributed by atoms with Gasteiger partial charge in [0.2, 0.25) is 0 Å². The van der Waals surface area contributed by atoms with Crippen molar-refractivity contribution in [2.75, 3.05) is 26.8 Å². The van der Waals surface area contributed by atoms with Gasteiger partial charge in [0.25, 0.3) is 0 Å². The van der Waals surface area contributed by atoms with Crippen LogP contribution in [0, 0.1) is 12.8 Å². The number of piperidine rings is 1. The summed E-state index contributed by atoms with van der Waals surface area (Å²) < 4.78 is 10.7. The van der Waals surface area contributed by atoms with Gasteiger partial charge in [0.15, 0.2) is 0 Å². The van der Waals surface area contributed by atoms with Gasteiger partial charge in [-0.3, -0.25) is 4.90 Å². The maximum Gasteiger partial charge on any atom is 0.330 e. The number of likely N-dealkylation sites (tertiary alicyclic amines) is 1. The molecule has 1 aliphatic heterocycles. The molecule has 1 aromatic rings. The highest BCUT2D eigenvalue weighted by atomic mass is 16.5. The Hall–Kier alpha value is -1.85. The Kier molecular flexibility index (Phi) is 6.19. The van der Waals surface area contributed by atoms with Gasteiger partial charge < -0.3 is 14.6 Å². The number of fused-ring (bicyclic) bond motifs is 1. The smallest absolute Gasteiger partial charge is 0.330 e. The zero-order valence-corrected chi connectivity index (χ0v) is 19.4. The summed E-state index contributed by atoms with van der Waals surface area (Å²) in [6, 6.07) is 6.25. The Morgan fingerprint density at radius 2 is 2.10 bits per heavy atom. The third-order valence-corrected chi connectivity index (χ3v) is 8.01. The van der Waals surface area contributed by atoms with Crippen molar-refractivity contribution in [3.05, 3.63) is 41.0 Å². The molecule has 3 fully saturated rings. The molecule has 5 nitrogen and oxygen atoms in total. The van der Waals surface area contributed by atoms with E-state index in [2.05, 4.69) is 30.9 Å². The summed E-state index contributed by atoms with van der Waals surface area (Å²) >= 11 is 0. The minimum Gasteiger partial charge on any atom is -0.497 e. The summed E-state index contributed by atoms with van der Waals surface area (Å²) in [5.41, 5.74) is 2.10. The maximum atomic E-state index is 12.4. The van der Waals surface area contributed by atoms with Crippen molar-refractivity contribution < 1.29 is 19.4 Å². The minimum atomic E-state index is -0.858. The Morgan fingerprint density at radius 3 is 2.77 bits per heavy atom. The van der Waals surface area contributed by atoms with Gasteiger partial charge in [-0.2, -0.15) is 0 Å².